The molecule has 164 valence electrons. The highest BCUT2D eigenvalue weighted by molar-refractivity contribution is 8.18. The number of nitrogens with zero attached hydrogens (tertiary/aromatic N) is 2. The molecular weight excluding hydrogens is 452 g/mol. The summed E-state index contributed by atoms with van der Waals surface area (Å²) in [5.41, 5.74) is 4.69. The Bertz CT molecular complexity index is 1450. The molecule has 1 saturated heterocycles. The van der Waals surface area contributed by atoms with Crippen molar-refractivity contribution in [3.05, 3.63) is 105 Å². The van der Waals surface area contributed by atoms with Gasteiger partial charge in [0.2, 0.25) is 0 Å². The van der Waals surface area contributed by atoms with Crippen molar-refractivity contribution >= 4 is 51.4 Å². The molecule has 1 aliphatic heterocycles. The van der Waals surface area contributed by atoms with Crippen LogP contribution >= 0.6 is 23.4 Å². The van der Waals surface area contributed by atoms with Crippen LogP contribution in [0.2, 0.25) is 5.02 Å². The van der Waals surface area contributed by atoms with Crippen LogP contribution in [0.25, 0.3) is 22.5 Å². The minimum Gasteiger partial charge on any atom is -0.316 e. The SMILES string of the molecule is Cc1cc(/C=C2\SC(=O)N(Cc3cccc4ccccc34)C2=O)c(C)n1-c1ccccc1Cl. The van der Waals surface area contributed by atoms with Crippen LogP contribution in [0, 0.1) is 13.8 Å². The van der Waals surface area contributed by atoms with Crippen LogP contribution < -0.4 is 0 Å². The molecule has 1 fully saturated rings. The number of amides is 2. The molecule has 0 atom stereocenters. The molecule has 0 bridgehead atoms. The molecule has 5 rings (SSSR count). The van der Waals surface area contributed by atoms with Crippen LogP contribution in [-0.4, -0.2) is 20.6 Å². The minimum absolute atomic E-state index is 0.251. The maximum Gasteiger partial charge on any atom is 0.293 e. The number of para-hydroxylation sites is 1. The van der Waals surface area contributed by atoms with Gasteiger partial charge in [-0.1, -0.05) is 66.2 Å². The van der Waals surface area contributed by atoms with Crippen molar-refractivity contribution in [1.82, 2.24) is 9.47 Å². The molecule has 4 aromatic rings. The van der Waals surface area contributed by atoms with E-state index in [1.165, 1.54) is 4.90 Å². The fraction of sp³-hybridized carbons (Fsp3) is 0.111. The van der Waals surface area contributed by atoms with E-state index in [1.54, 1.807) is 0 Å². The van der Waals surface area contributed by atoms with Gasteiger partial charge in [-0.25, -0.2) is 0 Å². The molecule has 2 heterocycles. The monoisotopic (exact) mass is 472 g/mol. The van der Waals surface area contributed by atoms with Crippen LogP contribution in [0.4, 0.5) is 4.79 Å². The van der Waals surface area contributed by atoms with E-state index in [9.17, 15) is 9.59 Å². The number of rotatable bonds is 4. The lowest BCUT2D eigenvalue weighted by Gasteiger charge is -2.14. The van der Waals surface area contributed by atoms with Gasteiger partial charge in [0.05, 0.1) is 22.2 Å². The van der Waals surface area contributed by atoms with Crippen LogP contribution in [-0.2, 0) is 11.3 Å². The highest BCUT2D eigenvalue weighted by atomic mass is 35.5. The molecule has 0 aliphatic carbocycles. The van der Waals surface area contributed by atoms with Gasteiger partial charge in [0.1, 0.15) is 0 Å². The number of hydrogen-bond donors (Lipinski definition) is 0. The van der Waals surface area contributed by atoms with Crippen molar-refractivity contribution in [2.24, 2.45) is 0 Å². The number of halogens is 1. The number of carbonyl (C=O) groups excluding carboxylic acids is 2. The number of fused-ring (bicyclic) bond motifs is 1. The lowest BCUT2D eigenvalue weighted by atomic mass is 10.0. The minimum atomic E-state index is -0.263. The van der Waals surface area contributed by atoms with E-state index >= 15 is 0 Å². The first-order valence-electron chi connectivity index (χ1n) is 10.6. The molecule has 3 aromatic carbocycles. The van der Waals surface area contributed by atoms with Crippen LogP contribution in [0.15, 0.2) is 77.7 Å². The third kappa shape index (κ3) is 3.88. The van der Waals surface area contributed by atoms with Crippen molar-refractivity contribution in [3.8, 4) is 5.69 Å². The first-order chi connectivity index (χ1) is 15.9. The second-order valence-corrected chi connectivity index (χ2v) is 9.42. The molecule has 0 saturated carbocycles. The van der Waals surface area contributed by atoms with Gasteiger partial charge in [0.15, 0.2) is 0 Å². The number of thioether (sulfide) groups is 1. The lowest BCUT2D eigenvalue weighted by Crippen LogP contribution is -2.27. The lowest BCUT2D eigenvalue weighted by molar-refractivity contribution is -0.123. The molecular formula is C27H21ClN2O2S. The first-order valence-corrected chi connectivity index (χ1v) is 11.8. The number of aromatic nitrogens is 1. The van der Waals surface area contributed by atoms with Crippen LogP contribution in [0.1, 0.15) is 22.5 Å². The smallest absolute Gasteiger partial charge is 0.293 e. The second-order valence-electron chi connectivity index (χ2n) is 8.02. The average molecular weight is 473 g/mol. The highest BCUT2D eigenvalue weighted by Crippen LogP contribution is 2.36. The maximum atomic E-state index is 13.2. The molecule has 0 radical (unpaired) electrons. The van der Waals surface area contributed by atoms with Gasteiger partial charge < -0.3 is 4.57 Å². The quantitative estimate of drug-likeness (QED) is 0.296. The standard InChI is InChI=1S/C27H21ClN2O2S/c1-17-14-21(18(2)30(17)24-13-6-5-12-23(24)28)15-25-26(31)29(27(32)33-25)16-20-10-7-9-19-8-3-4-11-22(19)20/h3-15H,16H2,1-2H3/b25-15-. The molecule has 4 nitrogen and oxygen atoms in total. The summed E-state index contributed by atoms with van der Waals surface area (Å²) in [7, 11) is 0. The predicted octanol–water partition coefficient (Wildman–Crippen LogP) is 7.14. The van der Waals surface area contributed by atoms with E-state index in [2.05, 4.69) is 4.57 Å². The van der Waals surface area contributed by atoms with E-state index in [0.29, 0.717) is 9.93 Å². The van der Waals surface area contributed by atoms with E-state index in [-0.39, 0.29) is 17.7 Å². The van der Waals surface area contributed by atoms with Gasteiger partial charge in [0.25, 0.3) is 11.1 Å². The Morgan fingerprint density at radius 2 is 1.67 bits per heavy atom. The zero-order valence-corrected chi connectivity index (χ0v) is 19.8. The third-order valence-corrected chi connectivity index (χ3v) is 7.16. The molecule has 1 aliphatic rings. The van der Waals surface area contributed by atoms with E-state index in [1.807, 2.05) is 92.7 Å². The highest BCUT2D eigenvalue weighted by Gasteiger charge is 2.35. The first kappa shape index (κ1) is 21.6. The van der Waals surface area contributed by atoms with Crippen molar-refractivity contribution < 1.29 is 9.59 Å². The summed E-state index contributed by atoms with van der Waals surface area (Å²) in [5.74, 6) is -0.263. The van der Waals surface area contributed by atoms with Crippen LogP contribution in [0.3, 0.4) is 0 Å². The van der Waals surface area contributed by atoms with Gasteiger partial charge in [0, 0.05) is 11.4 Å². The fourth-order valence-corrected chi connectivity index (χ4v) is 5.37. The van der Waals surface area contributed by atoms with E-state index < -0.39 is 0 Å². The van der Waals surface area contributed by atoms with Gasteiger partial charge in [-0.15, -0.1) is 0 Å². The van der Waals surface area contributed by atoms with Crippen molar-refractivity contribution in [1.29, 1.82) is 0 Å². The topological polar surface area (TPSA) is 42.3 Å². The molecule has 0 N–H and O–H groups in total. The number of aryl methyl sites for hydroxylation is 1. The van der Waals surface area contributed by atoms with Crippen molar-refractivity contribution in [2.75, 3.05) is 0 Å². The summed E-state index contributed by atoms with van der Waals surface area (Å²) in [6.45, 7) is 4.24. The Hall–Kier alpha value is -3.28. The summed E-state index contributed by atoms with van der Waals surface area (Å²) >= 11 is 7.40. The maximum absolute atomic E-state index is 13.2. The Morgan fingerprint density at radius 3 is 2.48 bits per heavy atom. The third-order valence-electron chi connectivity index (χ3n) is 5.93. The number of carbonyl (C=O) groups is 2. The van der Waals surface area contributed by atoms with E-state index in [4.69, 9.17) is 11.6 Å². The summed E-state index contributed by atoms with van der Waals surface area (Å²) in [4.78, 5) is 27.7. The molecule has 2 amide bonds. The van der Waals surface area contributed by atoms with Crippen LogP contribution in [0.5, 0.6) is 0 Å². The summed E-state index contributed by atoms with van der Waals surface area (Å²) in [5, 5.41) is 2.54. The number of benzene rings is 3. The Balaban J connectivity index is 1.47. The Kier molecular flexibility index (Phi) is 5.60. The molecule has 0 unspecified atom stereocenters. The summed E-state index contributed by atoms with van der Waals surface area (Å²) < 4.78 is 2.06. The summed E-state index contributed by atoms with van der Waals surface area (Å²) in [6.07, 6.45) is 1.81. The zero-order valence-electron chi connectivity index (χ0n) is 18.2. The molecule has 6 heteroatoms. The Labute approximate surface area is 201 Å². The average Bonchev–Trinajstić information content (AvgIpc) is 3.23. The van der Waals surface area contributed by atoms with Gasteiger partial charge in [-0.2, -0.15) is 0 Å². The predicted molar refractivity (Wildman–Crippen MR) is 136 cm³/mol. The van der Waals surface area contributed by atoms with Crippen molar-refractivity contribution in [2.45, 2.75) is 20.4 Å². The molecule has 0 spiro atoms. The largest absolute Gasteiger partial charge is 0.316 e. The van der Waals surface area contributed by atoms with Crippen molar-refractivity contribution in [3.63, 3.8) is 0 Å². The number of hydrogen-bond acceptors (Lipinski definition) is 3. The zero-order chi connectivity index (χ0) is 23.1. The molecule has 33 heavy (non-hydrogen) atoms. The summed E-state index contributed by atoms with van der Waals surface area (Å²) in [6, 6.07) is 23.6. The van der Waals surface area contributed by atoms with Gasteiger partial charge in [-0.3, -0.25) is 14.5 Å². The van der Waals surface area contributed by atoms with Gasteiger partial charge in [-0.05, 0) is 71.8 Å². The van der Waals surface area contributed by atoms with Gasteiger partial charge >= 0.3 is 0 Å². The molecule has 1 aromatic heterocycles. The van der Waals surface area contributed by atoms with E-state index in [0.717, 1.165) is 50.7 Å². The Morgan fingerprint density at radius 1 is 0.939 bits per heavy atom. The fourth-order valence-electron chi connectivity index (χ4n) is 4.32. The number of imide groups is 1. The normalized spacial score (nSPS) is 15.2. The second kappa shape index (κ2) is 8.58.